The molecule has 1 heterocycles. The summed E-state index contributed by atoms with van der Waals surface area (Å²) in [5.41, 5.74) is 5.23. The van der Waals surface area contributed by atoms with Gasteiger partial charge in [-0.05, 0) is 28.7 Å². The fourth-order valence-electron chi connectivity index (χ4n) is 1.02. The van der Waals surface area contributed by atoms with Crippen LogP contribution in [-0.2, 0) is 11.2 Å². The Morgan fingerprint density at radius 2 is 2.27 bits per heavy atom. The lowest BCUT2D eigenvalue weighted by molar-refractivity contribution is -0.136. The fourth-order valence-corrected chi connectivity index (χ4v) is 1.80. The van der Waals surface area contributed by atoms with E-state index in [0.717, 1.165) is 6.07 Å². The Labute approximate surface area is 97.6 Å². The number of alkyl halides is 2. The van der Waals surface area contributed by atoms with Crippen molar-refractivity contribution in [1.82, 2.24) is 4.98 Å². The smallest absolute Gasteiger partial charge is 0.307 e. The summed E-state index contributed by atoms with van der Waals surface area (Å²) in [5.74, 6) is -1.23. The SMILES string of the molecule is Nc1nc(C(F)F)cc(I)c1CC(=O)O. The van der Waals surface area contributed by atoms with Gasteiger partial charge in [-0.15, -0.1) is 0 Å². The van der Waals surface area contributed by atoms with Crippen LogP contribution in [0.5, 0.6) is 0 Å². The predicted molar refractivity (Wildman–Crippen MR) is 57.7 cm³/mol. The minimum absolute atomic E-state index is 0.153. The highest BCUT2D eigenvalue weighted by molar-refractivity contribution is 14.1. The van der Waals surface area contributed by atoms with Crippen molar-refractivity contribution in [3.63, 3.8) is 0 Å². The summed E-state index contributed by atoms with van der Waals surface area (Å²) in [6, 6.07) is 1.14. The van der Waals surface area contributed by atoms with Crippen LogP contribution >= 0.6 is 22.6 Å². The van der Waals surface area contributed by atoms with E-state index in [9.17, 15) is 13.6 Å². The number of rotatable bonds is 3. The quantitative estimate of drug-likeness (QED) is 0.830. The van der Waals surface area contributed by atoms with Gasteiger partial charge in [0.25, 0.3) is 6.43 Å². The highest BCUT2D eigenvalue weighted by Crippen LogP contribution is 2.24. The molecule has 0 aromatic carbocycles. The second-order valence-electron chi connectivity index (χ2n) is 2.76. The Morgan fingerprint density at radius 1 is 1.67 bits per heavy atom. The van der Waals surface area contributed by atoms with Crippen molar-refractivity contribution in [3.8, 4) is 0 Å². The number of hydrogen-bond acceptors (Lipinski definition) is 3. The Kier molecular flexibility index (Phi) is 3.77. The average Bonchev–Trinajstić information content (AvgIpc) is 2.10. The van der Waals surface area contributed by atoms with Crippen LogP contribution in [0.25, 0.3) is 0 Å². The summed E-state index contributed by atoms with van der Waals surface area (Å²) in [4.78, 5) is 13.9. The predicted octanol–water partition coefficient (Wildman–Crippen LogP) is 1.83. The Morgan fingerprint density at radius 3 is 2.67 bits per heavy atom. The fraction of sp³-hybridized carbons (Fsp3) is 0.250. The van der Waals surface area contributed by atoms with Gasteiger partial charge in [-0.2, -0.15) is 0 Å². The number of aliphatic carboxylic acids is 1. The van der Waals surface area contributed by atoms with Crippen LogP contribution in [0.15, 0.2) is 6.07 Å². The second-order valence-corrected chi connectivity index (χ2v) is 3.93. The lowest BCUT2D eigenvalue weighted by Crippen LogP contribution is -2.09. The van der Waals surface area contributed by atoms with Gasteiger partial charge in [-0.3, -0.25) is 4.79 Å². The van der Waals surface area contributed by atoms with Crippen molar-refractivity contribution in [2.45, 2.75) is 12.8 Å². The molecule has 0 amide bonds. The number of carboxylic acid groups (broad SMARTS) is 1. The monoisotopic (exact) mass is 328 g/mol. The van der Waals surface area contributed by atoms with Crippen molar-refractivity contribution < 1.29 is 18.7 Å². The standard InChI is InChI=1S/C8H7F2IN2O2/c9-7(10)5-2-4(11)3(1-6(14)15)8(12)13-5/h2,7H,1H2,(H2,12,13)(H,14,15). The van der Waals surface area contributed by atoms with Crippen LogP contribution in [0.1, 0.15) is 17.7 Å². The molecule has 15 heavy (non-hydrogen) atoms. The van der Waals surface area contributed by atoms with E-state index in [1.807, 2.05) is 0 Å². The molecule has 1 aromatic rings. The van der Waals surface area contributed by atoms with Crippen molar-refractivity contribution in [2.75, 3.05) is 5.73 Å². The molecule has 3 N–H and O–H groups in total. The van der Waals surface area contributed by atoms with E-state index in [1.165, 1.54) is 0 Å². The van der Waals surface area contributed by atoms with Gasteiger partial charge in [0, 0.05) is 9.13 Å². The zero-order chi connectivity index (χ0) is 11.6. The number of carboxylic acids is 1. The number of carbonyl (C=O) groups is 1. The number of hydrogen-bond donors (Lipinski definition) is 2. The van der Waals surface area contributed by atoms with Gasteiger partial charge < -0.3 is 10.8 Å². The van der Waals surface area contributed by atoms with Crippen molar-refractivity contribution in [1.29, 1.82) is 0 Å². The second kappa shape index (κ2) is 4.69. The minimum atomic E-state index is -2.71. The van der Waals surface area contributed by atoms with Gasteiger partial charge in [0.15, 0.2) is 0 Å². The lowest BCUT2D eigenvalue weighted by Gasteiger charge is -2.07. The molecule has 82 valence electrons. The zero-order valence-corrected chi connectivity index (χ0v) is 9.53. The molecule has 0 aliphatic rings. The summed E-state index contributed by atoms with van der Waals surface area (Å²) < 4.78 is 25.0. The normalized spacial score (nSPS) is 10.7. The molecule has 0 saturated carbocycles. The van der Waals surface area contributed by atoms with E-state index >= 15 is 0 Å². The number of nitrogens with two attached hydrogens (primary N) is 1. The molecule has 7 heteroatoms. The van der Waals surface area contributed by atoms with Gasteiger partial charge >= 0.3 is 5.97 Å². The first kappa shape index (κ1) is 12.1. The van der Waals surface area contributed by atoms with Gasteiger partial charge in [-0.1, -0.05) is 0 Å². The molecule has 0 spiro atoms. The number of aromatic nitrogens is 1. The van der Waals surface area contributed by atoms with E-state index in [1.54, 1.807) is 22.6 Å². The van der Waals surface area contributed by atoms with Crippen LogP contribution in [0, 0.1) is 3.57 Å². The summed E-state index contributed by atoms with van der Waals surface area (Å²) in [7, 11) is 0. The van der Waals surface area contributed by atoms with E-state index < -0.39 is 18.1 Å². The number of halogens is 3. The largest absolute Gasteiger partial charge is 0.481 e. The molecule has 0 fully saturated rings. The molecule has 0 atom stereocenters. The third kappa shape index (κ3) is 2.98. The number of nitrogen functional groups attached to an aromatic ring is 1. The summed E-state index contributed by atoms with van der Waals surface area (Å²) >= 11 is 1.76. The topological polar surface area (TPSA) is 76.2 Å². The first-order chi connectivity index (χ1) is 6.91. The maximum atomic E-state index is 12.3. The lowest BCUT2D eigenvalue weighted by atomic mass is 10.2. The third-order valence-corrected chi connectivity index (χ3v) is 2.64. The van der Waals surface area contributed by atoms with Crippen LogP contribution in [-0.4, -0.2) is 16.1 Å². The first-order valence-corrected chi connectivity index (χ1v) is 4.94. The van der Waals surface area contributed by atoms with Gasteiger partial charge in [-0.25, -0.2) is 13.8 Å². The summed E-state index contributed by atoms with van der Waals surface area (Å²) in [6.45, 7) is 0. The minimum Gasteiger partial charge on any atom is -0.481 e. The van der Waals surface area contributed by atoms with Crippen molar-refractivity contribution >= 4 is 34.4 Å². The molecule has 0 bridgehead atoms. The number of anilines is 1. The Hall–Kier alpha value is -0.990. The molecule has 0 unspecified atom stereocenters. The van der Waals surface area contributed by atoms with Gasteiger partial charge in [0.2, 0.25) is 0 Å². The van der Waals surface area contributed by atoms with E-state index in [-0.39, 0.29) is 17.8 Å². The summed E-state index contributed by atoms with van der Waals surface area (Å²) in [6.07, 6.45) is -3.03. The van der Waals surface area contributed by atoms with Crippen LogP contribution < -0.4 is 5.73 Å². The van der Waals surface area contributed by atoms with Crippen LogP contribution in [0.3, 0.4) is 0 Å². The molecule has 1 rings (SSSR count). The molecular weight excluding hydrogens is 321 g/mol. The molecule has 0 radical (unpaired) electrons. The van der Waals surface area contributed by atoms with Gasteiger partial charge in [0.05, 0.1) is 6.42 Å². The highest BCUT2D eigenvalue weighted by Gasteiger charge is 2.16. The molecule has 0 saturated heterocycles. The van der Waals surface area contributed by atoms with Crippen molar-refractivity contribution in [3.05, 3.63) is 20.9 Å². The average molecular weight is 328 g/mol. The number of nitrogens with zero attached hydrogens (tertiary/aromatic N) is 1. The molecular formula is C8H7F2IN2O2. The van der Waals surface area contributed by atoms with E-state index in [4.69, 9.17) is 10.8 Å². The Balaban J connectivity index is 3.15. The third-order valence-electron chi connectivity index (χ3n) is 1.67. The molecule has 1 aromatic heterocycles. The maximum absolute atomic E-state index is 12.3. The van der Waals surface area contributed by atoms with Gasteiger partial charge in [0.1, 0.15) is 11.5 Å². The molecule has 0 aliphatic carbocycles. The van der Waals surface area contributed by atoms with Crippen LogP contribution in [0.2, 0.25) is 0 Å². The molecule has 4 nitrogen and oxygen atoms in total. The zero-order valence-electron chi connectivity index (χ0n) is 7.38. The summed E-state index contributed by atoms with van der Waals surface area (Å²) in [5, 5.41) is 8.56. The van der Waals surface area contributed by atoms with Crippen LogP contribution in [0.4, 0.5) is 14.6 Å². The van der Waals surface area contributed by atoms with E-state index in [2.05, 4.69) is 4.98 Å². The maximum Gasteiger partial charge on any atom is 0.307 e. The highest BCUT2D eigenvalue weighted by atomic mass is 127. The Bertz CT molecular complexity index is 375. The van der Waals surface area contributed by atoms with E-state index in [0.29, 0.717) is 3.57 Å². The first-order valence-electron chi connectivity index (χ1n) is 3.86. The number of pyridine rings is 1. The molecule has 0 aliphatic heterocycles. The van der Waals surface area contributed by atoms with Crippen molar-refractivity contribution in [2.24, 2.45) is 0 Å².